The van der Waals surface area contributed by atoms with Crippen molar-refractivity contribution in [3.05, 3.63) is 41.5 Å². The molecule has 1 aromatic carbocycles. The molecule has 2 aromatic heterocycles. The van der Waals surface area contributed by atoms with Crippen LogP contribution in [-0.2, 0) is 4.79 Å². The molecule has 1 saturated heterocycles. The van der Waals surface area contributed by atoms with Gasteiger partial charge in [0.2, 0.25) is 5.91 Å². The van der Waals surface area contributed by atoms with Crippen molar-refractivity contribution < 1.29 is 9.69 Å². The summed E-state index contributed by atoms with van der Waals surface area (Å²) in [6.07, 6.45) is 1.59. The maximum absolute atomic E-state index is 12.8. The Morgan fingerprint density at radius 2 is 1.93 bits per heavy atom. The molecular weight excluding hydrogens is 370 g/mol. The maximum Gasteiger partial charge on any atom is 0.242 e. The molecule has 1 amide bonds. The summed E-state index contributed by atoms with van der Waals surface area (Å²) < 4.78 is 0. The molecule has 1 fully saturated rings. The van der Waals surface area contributed by atoms with Gasteiger partial charge in [0.25, 0.3) is 0 Å². The average Bonchev–Trinajstić information content (AvgIpc) is 3.13. The Kier molecular flexibility index (Phi) is 5.28. The van der Waals surface area contributed by atoms with E-state index >= 15 is 0 Å². The van der Waals surface area contributed by atoms with Crippen molar-refractivity contribution in [3.63, 3.8) is 0 Å². The van der Waals surface area contributed by atoms with Crippen LogP contribution in [0.15, 0.2) is 36.0 Å². The smallest absolute Gasteiger partial charge is 0.242 e. The number of aryl methyl sites for hydroxylation is 1. The lowest BCUT2D eigenvalue weighted by Gasteiger charge is -2.31. The van der Waals surface area contributed by atoms with Crippen molar-refractivity contribution in [3.8, 4) is 11.1 Å². The molecule has 0 spiro atoms. The molecule has 4 rings (SSSR count). The summed E-state index contributed by atoms with van der Waals surface area (Å²) in [5, 5.41) is 3.15. The van der Waals surface area contributed by atoms with E-state index in [1.54, 1.807) is 17.7 Å². The summed E-state index contributed by atoms with van der Waals surface area (Å²) in [4.78, 5) is 28.1. The minimum absolute atomic E-state index is 0.161. The van der Waals surface area contributed by atoms with Crippen LogP contribution in [0.3, 0.4) is 0 Å². The fourth-order valence-electron chi connectivity index (χ4n) is 3.61. The highest BCUT2D eigenvalue weighted by Gasteiger charge is 2.24. The number of nitrogens with zero attached hydrogens (tertiary/aromatic N) is 4. The van der Waals surface area contributed by atoms with Crippen molar-refractivity contribution in [2.24, 2.45) is 0 Å². The van der Waals surface area contributed by atoms with Gasteiger partial charge in [0.1, 0.15) is 17.0 Å². The Hall–Kier alpha value is -2.51. The number of anilines is 1. The van der Waals surface area contributed by atoms with Gasteiger partial charge in [-0.2, -0.15) is 0 Å². The monoisotopic (exact) mass is 396 g/mol. The van der Waals surface area contributed by atoms with Crippen LogP contribution < -0.4 is 9.80 Å². The number of rotatable bonds is 4. The van der Waals surface area contributed by atoms with Gasteiger partial charge in [0, 0.05) is 18.0 Å². The quantitative estimate of drug-likeness (QED) is 0.726. The summed E-state index contributed by atoms with van der Waals surface area (Å²) in [7, 11) is 4.12. The normalized spacial score (nSPS) is 15.2. The number of thiophene rings is 1. The van der Waals surface area contributed by atoms with E-state index in [-0.39, 0.29) is 5.91 Å². The lowest BCUT2D eigenvalue weighted by atomic mass is 10.0. The van der Waals surface area contributed by atoms with Crippen LogP contribution in [0.25, 0.3) is 21.3 Å². The number of likely N-dealkylation sites (N-methyl/N-ethyl adjacent to an activating group) is 2. The Bertz CT molecular complexity index is 976. The fraction of sp³-hybridized carbons (Fsp3) is 0.381. The van der Waals surface area contributed by atoms with Gasteiger partial charge in [0.05, 0.1) is 45.2 Å². The number of quaternary nitrogens is 1. The van der Waals surface area contributed by atoms with Crippen molar-refractivity contribution in [2.45, 2.75) is 6.92 Å². The summed E-state index contributed by atoms with van der Waals surface area (Å²) >= 11 is 1.62. The van der Waals surface area contributed by atoms with E-state index in [0.29, 0.717) is 6.54 Å². The van der Waals surface area contributed by atoms with Crippen LogP contribution in [0.4, 0.5) is 5.82 Å². The molecule has 1 aliphatic heterocycles. The molecule has 0 aliphatic carbocycles. The Balaban J connectivity index is 1.62. The predicted molar refractivity (Wildman–Crippen MR) is 114 cm³/mol. The zero-order valence-corrected chi connectivity index (χ0v) is 17.4. The molecule has 0 unspecified atom stereocenters. The number of piperazine rings is 1. The van der Waals surface area contributed by atoms with Gasteiger partial charge in [-0.05, 0) is 12.5 Å². The van der Waals surface area contributed by atoms with Gasteiger partial charge < -0.3 is 14.7 Å². The van der Waals surface area contributed by atoms with Crippen LogP contribution in [-0.4, -0.2) is 67.6 Å². The second-order valence-corrected chi connectivity index (χ2v) is 8.44. The topological polar surface area (TPSA) is 53.8 Å². The third-order valence-electron chi connectivity index (χ3n) is 5.42. The summed E-state index contributed by atoms with van der Waals surface area (Å²) in [5.74, 6) is 0.976. The van der Waals surface area contributed by atoms with Gasteiger partial charge in [0.15, 0.2) is 0 Å². The lowest BCUT2D eigenvalue weighted by Crippen LogP contribution is -3.12. The van der Waals surface area contributed by atoms with Gasteiger partial charge in [-0.25, -0.2) is 9.97 Å². The van der Waals surface area contributed by atoms with Crippen molar-refractivity contribution in [1.29, 1.82) is 0 Å². The van der Waals surface area contributed by atoms with Crippen LogP contribution in [0, 0.1) is 6.92 Å². The molecule has 28 heavy (non-hydrogen) atoms. The largest absolute Gasteiger partial charge is 0.350 e. The van der Waals surface area contributed by atoms with Crippen LogP contribution in [0.2, 0.25) is 0 Å². The fourth-order valence-corrected chi connectivity index (χ4v) is 4.52. The highest BCUT2D eigenvalue weighted by molar-refractivity contribution is 7.17. The minimum atomic E-state index is 0.161. The standard InChI is InChI=1S/C21H25N5OS/c1-15-4-6-16(7-5-15)17-13-28-21-19(17)20(22-14-23-21)25(3)12-18(27)26-10-8-24(2)9-11-26/h4-7,13-14H,8-12H2,1-3H3/p+1. The maximum atomic E-state index is 12.8. The SMILES string of the molecule is Cc1ccc(-c2csc3ncnc(N(C)CC(=O)N4CC[NH+](C)CC4)c23)cc1. The molecular formula is C21H26N5OS+. The molecule has 7 heteroatoms. The molecule has 0 bridgehead atoms. The highest BCUT2D eigenvalue weighted by Crippen LogP contribution is 2.37. The van der Waals surface area contributed by atoms with Gasteiger partial charge >= 0.3 is 0 Å². The summed E-state index contributed by atoms with van der Waals surface area (Å²) in [6.45, 7) is 6.08. The molecule has 0 atom stereocenters. The molecule has 0 radical (unpaired) electrons. The molecule has 1 aliphatic rings. The van der Waals surface area contributed by atoms with Crippen molar-refractivity contribution in [2.75, 3.05) is 51.7 Å². The zero-order chi connectivity index (χ0) is 19.7. The van der Waals surface area contributed by atoms with E-state index in [1.165, 1.54) is 10.5 Å². The molecule has 1 N–H and O–H groups in total. The highest BCUT2D eigenvalue weighted by atomic mass is 32.1. The molecule has 146 valence electrons. The zero-order valence-electron chi connectivity index (χ0n) is 16.6. The Morgan fingerprint density at radius 1 is 1.21 bits per heavy atom. The number of hydrogen-bond donors (Lipinski definition) is 1. The lowest BCUT2D eigenvalue weighted by molar-refractivity contribution is -0.883. The molecule has 0 saturated carbocycles. The first-order valence-corrected chi connectivity index (χ1v) is 10.5. The molecule has 6 nitrogen and oxygen atoms in total. The van der Waals surface area contributed by atoms with E-state index in [1.807, 2.05) is 16.8 Å². The van der Waals surface area contributed by atoms with E-state index in [4.69, 9.17) is 0 Å². The Morgan fingerprint density at radius 3 is 2.64 bits per heavy atom. The molecule has 3 aromatic rings. The van der Waals surface area contributed by atoms with Crippen molar-refractivity contribution in [1.82, 2.24) is 14.9 Å². The second kappa shape index (κ2) is 7.85. The van der Waals surface area contributed by atoms with Gasteiger partial charge in [-0.3, -0.25) is 4.79 Å². The number of carbonyl (C=O) groups is 1. The number of benzene rings is 1. The number of carbonyl (C=O) groups excluding carboxylic acids is 1. The molecule has 3 heterocycles. The van der Waals surface area contributed by atoms with E-state index in [9.17, 15) is 4.79 Å². The first kappa shape index (κ1) is 18.8. The Labute approximate surface area is 169 Å². The van der Waals surface area contributed by atoms with E-state index < -0.39 is 0 Å². The second-order valence-electron chi connectivity index (χ2n) is 7.59. The number of hydrogen-bond acceptors (Lipinski definition) is 5. The number of amides is 1. The number of fused-ring (bicyclic) bond motifs is 1. The number of aromatic nitrogens is 2. The van der Waals surface area contributed by atoms with Gasteiger partial charge in [-0.15, -0.1) is 11.3 Å². The third-order valence-corrected chi connectivity index (χ3v) is 6.30. The first-order valence-electron chi connectivity index (χ1n) is 9.62. The van der Waals surface area contributed by atoms with E-state index in [0.717, 1.165) is 53.3 Å². The average molecular weight is 397 g/mol. The third kappa shape index (κ3) is 3.72. The first-order chi connectivity index (χ1) is 13.5. The van der Waals surface area contributed by atoms with Crippen molar-refractivity contribution >= 4 is 33.3 Å². The summed E-state index contributed by atoms with van der Waals surface area (Å²) in [6, 6.07) is 8.49. The van der Waals surface area contributed by atoms with Gasteiger partial charge in [-0.1, -0.05) is 29.8 Å². The van der Waals surface area contributed by atoms with E-state index in [2.05, 4.69) is 53.6 Å². The van der Waals surface area contributed by atoms with Crippen LogP contribution in [0.1, 0.15) is 5.56 Å². The predicted octanol–water partition coefficient (Wildman–Crippen LogP) is 1.46. The number of nitrogens with one attached hydrogen (secondary N) is 1. The van der Waals surface area contributed by atoms with Crippen LogP contribution in [0.5, 0.6) is 0 Å². The summed E-state index contributed by atoms with van der Waals surface area (Å²) in [5.41, 5.74) is 3.50. The van der Waals surface area contributed by atoms with Crippen LogP contribution >= 0.6 is 11.3 Å². The minimum Gasteiger partial charge on any atom is -0.350 e.